The molecule has 2 aliphatic rings. The Hall–Kier alpha value is -0.820. The maximum absolute atomic E-state index is 6.74. The van der Waals surface area contributed by atoms with Crippen molar-refractivity contribution in [1.29, 1.82) is 0 Å². The molecule has 3 atom stereocenters. The normalized spacial score (nSPS) is 34.3. The highest BCUT2D eigenvalue weighted by atomic mass is 14.8. The minimum Gasteiger partial charge on any atom is -0.325 e. The van der Waals surface area contributed by atoms with Gasteiger partial charge in [0.1, 0.15) is 0 Å². The van der Waals surface area contributed by atoms with Crippen LogP contribution in [0.25, 0.3) is 0 Å². The van der Waals surface area contributed by atoms with E-state index in [1.807, 2.05) is 0 Å². The van der Waals surface area contributed by atoms with Gasteiger partial charge in [0.15, 0.2) is 0 Å². The molecule has 1 heteroatoms. The van der Waals surface area contributed by atoms with Crippen LogP contribution in [0.15, 0.2) is 18.2 Å². The van der Waals surface area contributed by atoms with E-state index in [9.17, 15) is 0 Å². The summed E-state index contributed by atoms with van der Waals surface area (Å²) in [5.74, 6) is 1.50. The fourth-order valence-corrected chi connectivity index (χ4v) is 4.10. The molecule has 1 nitrogen and oxygen atoms in total. The van der Waals surface area contributed by atoms with Crippen molar-refractivity contribution in [1.82, 2.24) is 0 Å². The van der Waals surface area contributed by atoms with Crippen LogP contribution in [0, 0.1) is 11.8 Å². The third-order valence-electron chi connectivity index (χ3n) is 5.54. The third kappa shape index (κ3) is 2.58. The highest BCUT2D eigenvalue weighted by molar-refractivity contribution is 5.36. The number of benzene rings is 1. The summed E-state index contributed by atoms with van der Waals surface area (Å²) in [6.45, 7) is 4.72. The SMILES string of the molecule is CC1CCC(N)(Cc2ccc3c(c2)CCC3)C(C)C1. The van der Waals surface area contributed by atoms with Gasteiger partial charge in [-0.05, 0) is 73.5 Å². The Morgan fingerprint density at radius 3 is 2.79 bits per heavy atom. The van der Waals surface area contributed by atoms with Gasteiger partial charge < -0.3 is 5.73 Å². The van der Waals surface area contributed by atoms with Gasteiger partial charge >= 0.3 is 0 Å². The van der Waals surface area contributed by atoms with Gasteiger partial charge in [-0.2, -0.15) is 0 Å². The second kappa shape index (κ2) is 4.94. The lowest BCUT2D eigenvalue weighted by atomic mass is 9.68. The molecule has 0 saturated heterocycles. The zero-order valence-electron chi connectivity index (χ0n) is 12.4. The van der Waals surface area contributed by atoms with Gasteiger partial charge in [0.25, 0.3) is 0 Å². The molecule has 0 aliphatic heterocycles. The summed E-state index contributed by atoms with van der Waals surface area (Å²) in [7, 11) is 0. The predicted molar refractivity (Wildman–Crippen MR) is 81.3 cm³/mol. The molecule has 0 radical (unpaired) electrons. The van der Waals surface area contributed by atoms with Gasteiger partial charge in [0.2, 0.25) is 0 Å². The monoisotopic (exact) mass is 257 g/mol. The predicted octanol–water partition coefficient (Wildman–Crippen LogP) is 3.87. The highest BCUT2D eigenvalue weighted by Crippen LogP contribution is 2.37. The van der Waals surface area contributed by atoms with E-state index in [1.165, 1.54) is 44.1 Å². The summed E-state index contributed by atoms with van der Waals surface area (Å²) < 4.78 is 0. The van der Waals surface area contributed by atoms with Crippen molar-refractivity contribution in [2.24, 2.45) is 17.6 Å². The number of aryl methyl sites for hydroxylation is 2. The zero-order chi connectivity index (χ0) is 13.5. The molecule has 0 aromatic heterocycles. The summed E-state index contributed by atoms with van der Waals surface area (Å²) in [5, 5.41) is 0. The van der Waals surface area contributed by atoms with Crippen LogP contribution in [0.2, 0.25) is 0 Å². The van der Waals surface area contributed by atoms with E-state index in [0.717, 1.165) is 12.3 Å². The number of fused-ring (bicyclic) bond motifs is 1. The van der Waals surface area contributed by atoms with Gasteiger partial charge in [-0.15, -0.1) is 0 Å². The minimum atomic E-state index is 0.0271. The van der Waals surface area contributed by atoms with Crippen molar-refractivity contribution in [3.05, 3.63) is 34.9 Å². The average molecular weight is 257 g/mol. The molecule has 104 valence electrons. The van der Waals surface area contributed by atoms with Crippen molar-refractivity contribution < 1.29 is 0 Å². The first-order valence-electron chi connectivity index (χ1n) is 7.96. The van der Waals surface area contributed by atoms with Crippen molar-refractivity contribution in [2.45, 2.75) is 64.3 Å². The van der Waals surface area contributed by atoms with Crippen LogP contribution >= 0.6 is 0 Å². The average Bonchev–Trinajstić information content (AvgIpc) is 2.82. The van der Waals surface area contributed by atoms with E-state index in [4.69, 9.17) is 5.73 Å². The second-order valence-corrected chi connectivity index (χ2v) is 7.15. The third-order valence-corrected chi connectivity index (χ3v) is 5.54. The van der Waals surface area contributed by atoms with Gasteiger partial charge in [-0.3, -0.25) is 0 Å². The fraction of sp³-hybridized carbons (Fsp3) is 0.667. The van der Waals surface area contributed by atoms with E-state index in [-0.39, 0.29) is 5.54 Å². The quantitative estimate of drug-likeness (QED) is 0.855. The maximum Gasteiger partial charge on any atom is 0.0221 e. The topological polar surface area (TPSA) is 26.0 Å². The fourth-order valence-electron chi connectivity index (χ4n) is 4.10. The second-order valence-electron chi connectivity index (χ2n) is 7.15. The summed E-state index contributed by atoms with van der Waals surface area (Å²) in [5.41, 5.74) is 11.4. The van der Waals surface area contributed by atoms with Crippen LogP contribution in [0.3, 0.4) is 0 Å². The van der Waals surface area contributed by atoms with E-state index in [2.05, 4.69) is 32.0 Å². The lowest BCUT2D eigenvalue weighted by Gasteiger charge is -2.42. The first-order chi connectivity index (χ1) is 9.07. The molecule has 0 amide bonds. The molecule has 1 fully saturated rings. The zero-order valence-corrected chi connectivity index (χ0v) is 12.4. The molecular weight excluding hydrogens is 230 g/mol. The van der Waals surface area contributed by atoms with Gasteiger partial charge in [0.05, 0.1) is 0 Å². The first kappa shape index (κ1) is 13.2. The lowest BCUT2D eigenvalue weighted by molar-refractivity contribution is 0.163. The Kier molecular flexibility index (Phi) is 3.42. The molecule has 2 N–H and O–H groups in total. The first-order valence-corrected chi connectivity index (χ1v) is 7.96. The van der Waals surface area contributed by atoms with Crippen LogP contribution in [-0.2, 0) is 19.3 Å². The van der Waals surface area contributed by atoms with E-state index in [0.29, 0.717) is 5.92 Å². The Balaban J connectivity index is 1.77. The summed E-state index contributed by atoms with van der Waals surface area (Å²) >= 11 is 0. The number of nitrogens with two attached hydrogens (primary N) is 1. The molecule has 0 spiro atoms. The number of rotatable bonds is 2. The number of hydrogen-bond donors (Lipinski definition) is 1. The van der Waals surface area contributed by atoms with Gasteiger partial charge in [-0.1, -0.05) is 32.0 Å². The molecule has 3 rings (SSSR count). The molecular formula is C18H27N. The molecule has 0 bridgehead atoms. The van der Waals surface area contributed by atoms with E-state index in [1.54, 1.807) is 11.1 Å². The smallest absolute Gasteiger partial charge is 0.0221 e. The van der Waals surface area contributed by atoms with Crippen molar-refractivity contribution in [3.63, 3.8) is 0 Å². The molecule has 3 unspecified atom stereocenters. The largest absolute Gasteiger partial charge is 0.325 e. The molecule has 1 aromatic carbocycles. The Bertz CT molecular complexity index is 465. The van der Waals surface area contributed by atoms with Crippen molar-refractivity contribution >= 4 is 0 Å². The number of hydrogen-bond acceptors (Lipinski definition) is 1. The molecule has 1 saturated carbocycles. The molecule has 19 heavy (non-hydrogen) atoms. The van der Waals surface area contributed by atoms with Crippen LogP contribution < -0.4 is 5.73 Å². The van der Waals surface area contributed by atoms with E-state index < -0.39 is 0 Å². The molecule has 2 aliphatic carbocycles. The standard InChI is InChI=1S/C18H27N/c1-13-8-9-18(19,14(2)10-13)12-15-6-7-16-4-3-5-17(16)11-15/h6-7,11,13-14H,3-5,8-10,12,19H2,1-2H3. The van der Waals surface area contributed by atoms with Crippen LogP contribution in [-0.4, -0.2) is 5.54 Å². The summed E-state index contributed by atoms with van der Waals surface area (Å²) in [6.07, 6.45) is 8.72. The minimum absolute atomic E-state index is 0.0271. The van der Waals surface area contributed by atoms with E-state index >= 15 is 0 Å². The van der Waals surface area contributed by atoms with Crippen LogP contribution in [0.5, 0.6) is 0 Å². The van der Waals surface area contributed by atoms with Crippen molar-refractivity contribution in [2.75, 3.05) is 0 Å². The highest BCUT2D eigenvalue weighted by Gasteiger charge is 2.36. The Morgan fingerprint density at radius 1 is 1.21 bits per heavy atom. The van der Waals surface area contributed by atoms with Crippen molar-refractivity contribution in [3.8, 4) is 0 Å². The Morgan fingerprint density at radius 2 is 2.00 bits per heavy atom. The molecule has 1 aromatic rings. The summed E-state index contributed by atoms with van der Waals surface area (Å²) in [4.78, 5) is 0. The summed E-state index contributed by atoms with van der Waals surface area (Å²) in [6, 6.07) is 7.10. The van der Waals surface area contributed by atoms with Crippen LogP contribution in [0.4, 0.5) is 0 Å². The maximum atomic E-state index is 6.74. The van der Waals surface area contributed by atoms with Crippen LogP contribution in [0.1, 0.15) is 56.2 Å². The van der Waals surface area contributed by atoms with Gasteiger partial charge in [0, 0.05) is 5.54 Å². The van der Waals surface area contributed by atoms with Gasteiger partial charge in [-0.25, -0.2) is 0 Å². The Labute approximate surface area is 117 Å². The molecule has 0 heterocycles. The lowest BCUT2D eigenvalue weighted by Crippen LogP contribution is -2.51.